The smallest absolute Gasteiger partial charge is 0.287 e. The maximum Gasteiger partial charge on any atom is 0.287 e. The van der Waals surface area contributed by atoms with Gasteiger partial charge in [-0.25, -0.2) is 8.42 Å². The molecule has 40 heavy (non-hydrogen) atoms. The van der Waals surface area contributed by atoms with Crippen molar-refractivity contribution in [2.45, 2.75) is 67.8 Å². The van der Waals surface area contributed by atoms with E-state index >= 15 is 0 Å². The van der Waals surface area contributed by atoms with Gasteiger partial charge in [-0.1, -0.05) is 31.4 Å². The zero-order chi connectivity index (χ0) is 28.5. The lowest BCUT2D eigenvalue weighted by molar-refractivity contribution is -0.133. The van der Waals surface area contributed by atoms with Crippen LogP contribution in [0.2, 0.25) is 0 Å². The van der Waals surface area contributed by atoms with Gasteiger partial charge in [-0.15, -0.1) is 0 Å². The molecule has 3 heterocycles. The fourth-order valence-electron chi connectivity index (χ4n) is 5.86. The van der Waals surface area contributed by atoms with Gasteiger partial charge in [0.15, 0.2) is 21.4 Å². The van der Waals surface area contributed by atoms with E-state index in [1.54, 1.807) is 28.0 Å². The number of nitrogens with one attached hydrogen (secondary N) is 2. The van der Waals surface area contributed by atoms with Crippen molar-refractivity contribution in [2.24, 2.45) is 0 Å². The number of amides is 3. The second kappa shape index (κ2) is 11.1. The summed E-state index contributed by atoms with van der Waals surface area (Å²) < 4.78 is 30.0. The fraction of sp³-hybridized carbons (Fsp3) is 0.500. The lowest BCUT2D eigenvalue weighted by Crippen LogP contribution is -2.63. The number of piperidine rings is 1. The van der Waals surface area contributed by atoms with Gasteiger partial charge in [-0.05, 0) is 37.8 Å². The summed E-state index contributed by atoms with van der Waals surface area (Å²) in [5.74, 6) is -1.20. The van der Waals surface area contributed by atoms with Crippen molar-refractivity contribution in [1.29, 1.82) is 0 Å². The summed E-state index contributed by atoms with van der Waals surface area (Å²) in [5.41, 5.74) is -0.205. The van der Waals surface area contributed by atoms with E-state index in [4.69, 9.17) is 4.42 Å². The highest BCUT2D eigenvalue weighted by Crippen LogP contribution is 2.31. The van der Waals surface area contributed by atoms with Crippen LogP contribution in [0.3, 0.4) is 0 Å². The Balaban J connectivity index is 1.27. The quantitative estimate of drug-likeness (QED) is 0.515. The number of Topliss-reactive ketones (excluding diaryl/α,β-unsaturated/α-hetero) is 1. The van der Waals surface area contributed by atoms with Gasteiger partial charge < -0.3 is 24.9 Å². The summed E-state index contributed by atoms with van der Waals surface area (Å²) >= 11 is 0. The highest BCUT2D eigenvalue weighted by atomic mass is 32.2. The lowest BCUT2D eigenvalue weighted by atomic mass is 9.80. The minimum atomic E-state index is -3.49. The Labute approximate surface area is 233 Å². The van der Waals surface area contributed by atoms with E-state index in [1.165, 1.54) is 18.4 Å². The Morgan fingerprint density at radius 3 is 2.48 bits per heavy atom. The fourth-order valence-corrected chi connectivity index (χ4v) is 6.76. The van der Waals surface area contributed by atoms with Gasteiger partial charge in [0.1, 0.15) is 11.8 Å². The number of para-hydroxylation sites is 1. The van der Waals surface area contributed by atoms with E-state index in [-0.39, 0.29) is 28.9 Å². The maximum atomic E-state index is 13.6. The highest BCUT2D eigenvalue weighted by molar-refractivity contribution is 7.90. The molecule has 2 aromatic rings. The average molecular weight is 571 g/mol. The van der Waals surface area contributed by atoms with Crippen molar-refractivity contribution < 1.29 is 32.0 Å². The molecule has 11 nitrogen and oxygen atoms in total. The first-order valence-corrected chi connectivity index (χ1v) is 15.6. The molecule has 1 aromatic heterocycles. The topological polar surface area (TPSA) is 146 Å². The SMILES string of the molecule is CS(=O)(=O)c1ccccc1N1CCC(NC(=O)C2(NC(=O)c3cc(N4CCCC4=O)co3)CCCCC2)C(=O)C1. The van der Waals surface area contributed by atoms with E-state index in [1.807, 2.05) is 0 Å². The molecule has 1 aliphatic carbocycles. The van der Waals surface area contributed by atoms with Gasteiger partial charge in [0.2, 0.25) is 11.8 Å². The third-order valence-electron chi connectivity index (χ3n) is 8.02. The van der Waals surface area contributed by atoms with Crippen molar-refractivity contribution in [1.82, 2.24) is 10.6 Å². The van der Waals surface area contributed by atoms with Crippen LogP contribution in [0.1, 0.15) is 61.9 Å². The predicted octanol–water partition coefficient (Wildman–Crippen LogP) is 2.21. The number of hydrogen-bond donors (Lipinski definition) is 2. The van der Waals surface area contributed by atoms with Crippen LogP contribution in [-0.2, 0) is 24.2 Å². The Morgan fingerprint density at radius 2 is 1.80 bits per heavy atom. The standard InChI is InChI=1S/C28H34N4O7S/c1-40(37,38)24-9-4-3-8-21(24)31-15-11-20(22(33)17-31)29-27(36)28(12-5-2-6-13-28)30-26(35)23-16-19(18-39-23)32-14-7-10-25(32)34/h3-4,8-9,16,18,20H,2,5-7,10-15,17H2,1H3,(H,29,36)(H,30,35). The van der Waals surface area contributed by atoms with Crippen molar-refractivity contribution in [3.05, 3.63) is 42.4 Å². The van der Waals surface area contributed by atoms with E-state index in [9.17, 15) is 27.6 Å². The Morgan fingerprint density at radius 1 is 1.05 bits per heavy atom. The maximum absolute atomic E-state index is 13.6. The number of sulfone groups is 1. The van der Waals surface area contributed by atoms with Crippen molar-refractivity contribution >= 4 is 44.7 Å². The molecular formula is C28H34N4O7S. The van der Waals surface area contributed by atoms with Crippen LogP contribution in [0.4, 0.5) is 11.4 Å². The largest absolute Gasteiger partial charge is 0.457 e. The molecule has 3 aliphatic rings. The Hall–Kier alpha value is -3.67. The van der Waals surface area contributed by atoms with E-state index in [0.29, 0.717) is 50.1 Å². The van der Waals surface area contributed by atoms with Gasteiger partial charge >= 0.3 is 0 Å². The molecule has 12 heteroatoms. The number of ketones is 1. The molecule has 1 aromatic carbocycles. The number of nitrogens with zero attached hydrogens (tertiary/aromatic N) is 2. The molecule has 3 fully saturated rings. The minimum absolute atomic E-state index is 0.0152. The van der Waals surface area contributed by atoms with Crippen molar-refractivity contribution in [3.8, 4) is 0 Å². The molecule has 0 radical (unpaired) electrons. The number of carbonyl (C=O) groups is 4. The summed E-state index contributed by atoms with van der Waals surface area (Å²) in [6.07, 6.45) is 7.29. The average Bonchev–Trinajstić information content (AvgIpc) is 3.59. The number of benzene rings is 1. The van der Waals surface area contributed by atoms with Gasteiger partial charge in [0, 0.05) is 31.8 Å². The first-order valence-electron chi connectivity index (χ1n) is 13.7. The van der Waals surface area contributed by atoms with Gasteiger partial charge in [-0.3, -0.25) is 19.2 Å². The summed E-state index contributed by atoms with van der Waals surface area (Å²) in [4.78, 5) is 55.5. The molecular weight excluding hydrogens is 536 g/mol. The van der Waals surface area contributed by atoms with E-state index < -0.39 is 33.2 Å². The number of hydrogen-bond acceptors (Lipinski definition) is 8. The van der Waals surface area contributed by atoms with Crippen LogP contribution in [0.5, 0.6) is 0 Å². The zero-order valence-electron chi connectivity index (χ0n) is 22.5. The minimum Gasteiger partial charge on any atom is -0.457 e. The lowest BCUT2D eigenvalue weighted by Gasteiger charge is -2.39. The zero-order valence-corrected chi connectivity index (χ0v) is 23.3. The molecule has 1 saturated carbocycles. The predicted molar refractivity (Wildman–Crippen MR) is 147 cm³/mol. The first kappa shape index (κ1) is 27.9. The second-order valence-corrected chi connectivity index (χ2v) is 12.8. The van der Waals surface area contributed by atoms with Crippen LogP contribution in [0, 0.1) is 0 Å². The van der Waals surface area contributed by atoms with Crippen LogP contribution < -0.4 is 20.4 Å². The highest BCUT2D eigenvalue weighted by Gasteiger charge is 2.43. The van der Waals surface area contributed by atoms with E-state index in [0.717, 1.165) is 31.9 Å². The third kappa shape index (κ3) is 5.63. The molecule has 3 amide bonds. The molecule has 2 saturated heterocycles. The molecule has 214 valence electrons. The summed E-state index contributed by atoms with van der Waals surface area (Å²) in [5, 5.41) is 5.77. The Bertz CT molecular complexity index is 1430. The summed E-state index contributed by atoms with van der Waals surface area (Å²) in [7, 11) is -3.49. The molecule has 2 N–H and O–H groups in total. The van der Waals surface area contributed by atoms with Crippen molar-refractivity contribution in [2.75, 3.05) is 35.7 Å². The van der Waals surface area contributed by atoms with Crippen LogP contribution in [0.15, 0.2) is 45.9 Å². The molecule has 0 spiro atoms. The number of anilines is 2. The van der Waals surface area contributed by atoms with Crippen LogP contribution in [0.25, 0.3) is 0 Å². The molecule has 2 aliphatic heterocycles. The van der Waals surface area contributed by atoms with Crippen LogP contribution in [-0.4, -0.2) is 69.4 Å². The van der Waals surface area contributed by atoms with Gasteiger partial charge in [0.25, 0.3) is 5.91 Å². The van der Waals surface area contributed by atoms with Crippen LogP contribution >= 0.6 is 0 Å². The summed E-state index contributed by atoms with van der Waals surface area (Å²) in [6, 6.07) is 7.32. The molecule has 0 bridgehead atoms. The number of furan rings is 1. The number of rotatable bonds is 7. The van der Waals surface area contributed by atoms with E-state index in [2.05, 4.69) is 10.6 Å². The second-order valence-electron chi connectivity index (χ2n) is 10.9. The molecule has 1 unspecified atom stereocenters. The summed E-state index contributed by atoms with van der Waals surface area (Å²) in [6.45, 7) is 0.909. The Kier molecular flexibility index (Phi) is 7.72. The van der Waals surface area contributed by atoms with Crippen molar-refractivity contribution in [3.63, 3.8) is 0 Å². The van der Waals surface area contributed by atoms with Gasteiger partial charge in [-0.2, -0.15) is 0 Å². The normalized spacial score (nSPS) is 21.4. The van der Waals surface area contributed by atoms with Gasteiger partial charge in [0.05, 0.1) is 28.9 Å². The number of carbonyl (C=O) groups excluding carboxylic acids is 4. The third-order valence-corrected chi connectivity index (χ3v) is 9.17. The monoisotopic (exact) mass is 570 g/mol. The molecule has 1 atom stereocenters. The molecule has 5 rings (SSSR count). The first-order chi connectivity index (χ1) is 19.1.